The number of anilines is 2. The van der Waals surface area contributed by atoms with E-state index in [9.17, 15) is 0 Å². The van der Waals surface area contributed by atoms with Crippen molar-refractivity contribution in [3.05, 3.63) is 78.1 Å². The highest BCUT2D eigenvalue weighted by Gasteiger charge is 2.00. The smallest absolute Gasteiger partial charge is 0.187 e. The molecule has 0 atom stereocenters. The summed E-state index contributed by atoms with van der Waals surface area (Å²) in [4.78, 5) is 3.39. The van der Waals surface area contributed by atoms with Crippen molar-refractivity contribution >= 4 is 27.8 Å². The number of nitrogens with one attached hydrogen (secondary N) is 1. The Morgan fingerprint density at radius 3 is 2.32 bits per heavy atom. The van der Waals surface area contributed by atoms with Gasteiger partial charge in [0.15, 0.2) is 5.69 Å². The number of hydrogen-bond donors (Lipinski definition) is 1. The lowest BCUT2D eigenvalue weighted by molar-refractivity contribution is 1.58. The Morgan fingerprint density at radius 2 is 1.53 bits per heavy atom. The minimum absolute atomic E-state index is 0.656. The fraction of sp³-hybridized carbons (Fsp3) is 0. The maximum absolute atomic E-state index is 6.95. The first kappa shape index (κ1) is 11.3. The van der Waals surface area contributed by atoms with E-state index in [2.05, 4.69) is 34.4 Å². The minimum Gasteiger partial charge on any atom is -0.355 e. The van der Waals surface area contributed by atoms with Gasteiger partial charge in [-0.15, -0.1) is 0 Å². The van der Waals surface area contributed by atoms with E-state index in [4.69, 9.17) is 6.57 Å². The van der Waals surface area contributed by atoms with Gasteiger partial charge in [-0.1, -0.05) is 48.5 Å². The predicted octanol–water partition coefficient (Wildman–Crippen LogP) is 5.13. The summed E-state index contributed by atoms with van der Waals surface area (Å²) in [7, 11) is 0. The molecule has 0 unspecified atom stereocenters. The van der Waals surface area contributed by atoms with Crippen molar-refractivity contribution in [2.24, 2.45) is 0 Å². The zero-order valence-electron chi connectivity index (χ0n) is 10.3. The summed E-state index contributed by atoms with van der Waals surface area (Å²) in [6.45, 7) is 6.95. The molecule has 0 aliphatic rings. The largest absolute Gasteiger partial charge is 0.355 e. The summed E-state index contributed by atoms with van der Waals surface area (Å²) >= 11 is 0. The number of hydrogen-bond acceptors (Lipinski definition) is 1. The van der Waals surface area contributed by atoms with Crippen LogP contribution in [0.2, 0.25) is 0 Å². The van der Waals surface area contributed by atoms with Gasteiger partial charge in [-0.25, -0.2) is 4.85 Å². The molecule has 0 aliphatic carbocycles. The summed E-state index contributed by atoms with van der Waals surface area (Å²) in [5.74, 6) is 0. The molecular weight excluding hydrogens is 232 g/mol. The molecule has 90 valence electrons. The second-order valence-corrected chi connectivity index (χ2v) is 4.31. The Morgan fingerprint density at radius 1 is 0.789 bits per heavy atom. The summed E-state index contributed by atoms with van der Waals surface area (Å²) in [6, 6.07) is 22.0. The summed E-state index contributed by atoms with van der Waals surface area (Å²) in [5, 5.41) is 5.80. The van der Waals surface area contributed by atoms with Crippen molar-refractivity contribution in [2.75, 3.05) is 5.32 Å². The van der Waals surface area contributed by atoms with Gasteiger partial charge in [0.25, 0.3) is 0 Å². The van der Waals surface area contributed by atoms with Crippen LogP contribution in [0.25, 0.3) is 15.6 Å². The molecule has 0 amide bonds. The normalized spacial score (nSPS) is 10.1. The third kappa shape index (κ3) is 2.27. The average Bonchev–Trinajstić information content (AvgIpc) is 2.48. The van der Waals surface area contributed by atoms with Gasteiger partial charge in [0, 0.05) is 16.8 Å². The Balaban J connectivity index is 1.99. The number of fused-ring (bicyclic) bond motifs is 1. The van der Waals surface area contributed by atoms with Gasteiger partial charge in [0.2, 0.25) is 0 Å². The third-order valence-electron chi connectivity index (χ3n) is 3.07. The summed E-state index contributed by atoms with van der Waals surface area (Å²) in [6.07, 6.45) is 0. The standard InChI is InChI=1S/C17H12N2/c1-18-14-9-11-15(12-10-14)19-17-8-4-6-13-5-2-3-7-16(13)17/h2-12,19H. The van der Waals surface area contributed by atoms with E-state index >= 15 is 0 Å². The molecule has 1 N–H and O–H groups in total. The van der Waals surface area contributed by atoms with E-state index in [1.165, 1.54) is 10.8 Å². The lowest BCUT2D eigenvalue weighted by Gasteiger charge is -2.09. The zero-order chi connectivity index (χ0) is 13.1. The first-order valence-electron chi connectivity index (χ1n) is 6.09. The molecule has 3 rings (SSSR count). The second-order valence-electron chi connectivity index (χ2n) is 4.31. The van der Waals surface area contributed by atoms with Gasteiger partial charge < -0.3 is 5.32 Å². The fourth-order valence-electron chi connectivity index (χ4n) is 2.11. The summed E-state index contributed by atoms with van der Waals surface area (Å²) < 4.78 is 0. The third-order valence-corrected chi connectivity index (χ3v) is 3.07. The molecule has 0 radical (unpaired) electrons. The molecule has 2 heteroatoms. The van der Waals surface area contributed by atoms with E-state index in [0.29, 0.717) is 5.69 Å². The quantitative estimate of drug-likeness (QED) is 0.618. The van der Waals surface area contributed by atoms with Gasteiger partial charge in [0.1, 0.15) is 0 Å². The molecule has 0 saturated carbocycles. The SMILES string of the molecule is [C-]#[N+]c1ccc(Nc2cccc3ccccc23)cc1. The Bertz CT molecular complexity index is 747. The highest BCUT2D eigenvalue weighted by molar-refractivity contribution is 5.95. The zero-order valence-corrected chi connectivity index (χ0v) is 10.3. The van der Waals surface area contributed by atoms with Crippen LogP contribution >= 0.6 is 0 Å². The second kappa shape index (κ2) is 4.83. The van der Waals surface area contributed by atoms with Gasteiger partial charge in [-0.2, -0.15) is 0 Å². The van der Waals surface area contributed by atoms with Crippen molar-refractivity contribution in [3.8, 4) is 0 Å². The topological polar surface area (TPSA) is 16.4 Å². The van der Waals surface area contributed by atoms with Crippen LogP contribution in [0.15, 0.2) is 66.7 Å². The van der Waals surface area contributed by atoms with Gasteiger partial charge in [-0.05, 0) is 23.6 Å². The van der Waals surface area contributed by atoms with Crippen LogP contribution < -0.4 is 5.32 Å². The molecule has 0 aliphatic heterocycles. The van der Waals surface area contributed by atoms with Crippen LogP contribution in [0.1, 0.15) is 0 Å². The van der Waals surface area contributed by atoms with Gasteiger partial charge in [-0.3, -0.25) is 0 Å². The molecule has 0 saturated heterocycles. The molecule has 0 bridgehead atoms. The lowest BCUT2D eigenvalue weighted by atomic mass is 10.1. The molecule has 2 nitrogen and oxygen atoms in total. The highest BCUT2D eigenvalue weighted by atomic mass is 14.9. The van der Waals surface area contributed by atoms with Crippen molar-refractivity contribution in [1.82, 2.24) is 0 Å². The highest BCUT2D eigenvalue weighted by Crippen LogP contribution is 2.27. The molecule has 0 spiro atoms. The molecule has 3 aromatic carbocycles. The van der Waals surface area contributed by atoms with Crippen LogP contribution in [-0.4, -0.2) is 0 Å². The Kier molecular flexibility index (Phi) is 2.88. The van der Waals surface area contributed by atoms with Gasteiger partial charge in [0.05, 0.1) is 6.57 Å². The van der Waals surface area contributed by atoms with Crippen LogP contribution in [0.4, 0.5) is 17.1 Å². The van der Waals surface area contributed by atoms with Crippen molar-refractivity contribution in [1.29, 1.82) is 0 Å². The van der Waals surface area contributed by atoms with Crippen molar-refractivity contribution < 1.29 is 0 Å². The van der Waals surface area contributed by atoms with Crippen LogP contribution in [0.3, 0.4) is 0 Å². The van der Waals surface area contributed by atoms with Gasteiger partial charge >= 0.3 is 0 Å². The fourth-order valence-corrected chi connectivity index (χ4v) is 2.11. The van der Waals surface area contributed by atoms with Crippen molar-refractivity contribution in [2.45, 2.75) is 0 Å². The van der Waals surface area contributed by atoms with E-state index in [1.54, 1.807) is 0 Å². The lowest BCUT2D eigenvalue weighted by Crippen LogP contribution is -1.90. The monoisotopic (exact) mass is 244 g/mol. The molecule has 3 aromatic rings. The van der Waals surface area contributed by atoms with Crippen LogP contribution in [0.5, 0.6) is 0 Å². The number of rotatable bonds is 2. The average molecular weight is 244 g/mol. The van der Waals surface area contributed by atoms with Crippen LogP contribution in [-0.2, 0) is 0 Å². The molecule has 0 heterocycles. The molecule has 19 heavy (non-hydrogen) atoms. The first-order valence-corrected chi connectivity index (χ1v) is 6.09. The Labute approximate surface area is 112 Å². The molecule has 0 fully saturated rings. The summed E-state index contributed by atoms with van der Waals surface area (Å²) in [5.41, 5.74) is 2.72. The van der Waals surface area contributed by atoms with E-state index < -0.39 is 0 Å². The molecular formula is C17H12N2. The van der Waals surface area contributed by atoms with Crippen molar-refractivity contribution in [3.63, 3.8) is 0 Å². The number of benzene rings is 3. The van der Waals surface area contributed by atoms with E-state index in [0.717, 1.165) is 11.4 Å². The maximum atomic E-state index is 6.95. The van der Waals surface area contributed by atoms with Crippen LogP contribution in [0, 0.1) is 6.57 Å². The first-order chi connectivity index (χ1) is 9.36. The van der Waals surface area contributed by atoms with E-state index in [1.807, 2.05) is 42.5 Å². The Hall–Kier alpha value is -2.79. The predicted molar refractivity (Wildman–Crippen MR) is 79.9 cm³/mol. The minimum atomic E-state index is 0.656. The maximum Gasteiger partial charge on any atom is 0.187 e. The molecule has 0 aromatic heterocycles. The van der Waals surface area contributed by atoms with E-state index in [-0.39, 0.29) is 0 Å². The number of nitrogens with zero attached hydrogens (tertiary/aromatic N) is 1.